The van der Waals surface area contributed by atoms with Gasteiger partial charge in [-0.1, -0.05) is 20.8 Å². The van der Waals surface area contributed by atoms with Gasteiger partial charge in [-0.3, -0.25) is 5.10 Å². The number of H-pyrrole nitrogens is 1. The van der Waals surface area contributed by atoms with E-state index in [1.807, 2.05) is 27.7 Å². The van der Waals surface area contributed by atoms with Crippen molar-refractivity contribution < 1.29 is 8.42 Å². The van der Waals surface area contributed by atoms with Crippen molar-refractivity contribution in [2.24, 2.45) is 5.41 Å². The second-order valence-electron chi connectivity index (χ2n) is 5.50. The van der Waals surface area contributed by atoms with E-state index in [1.54, 1.807) is 7.05 Å². The van der Waals surface area contributed by atoms with Crippen LogP contribution in [0, 0.1) is 12.3 Å². The fourth-order valence-electron chi connectivity index (χ4n) is 1.52. The Balaban J connectivity index is 2.95. The summed E-state index contributed by atoms with van der Waals surface area (Å²) in [5, 5.41) is 9.69. The van der Waals surface area contributed by atoms with Gasteiger partial charge in [-0.05, 0) is 25.8 Å². The van der Waals surface area contributed by atoms with Gasteiger partial charge in [0.2, 0.25) is 0 Å². The first-order chi connectivity index (χ1) is 8.73. The van der Waals surface area contributed by atoms with Gasteiger partial charge in [-0.2, -0.15) is 5.10 Å². The van der Waals surface area contributed by atoms with E-state index in [-0.39, 0.29) is 10.4 Å². The Morgan fingerprint density at radius 2 is 2.00 bits per heavy atom. The lowest BCUT2D eigenvalue weighted by Gasteiger charge is -2.22. The largest absolute Gasteiger partial charge is 0.316 e. The highest BCUT2D eigenvalue weighted by atomic mass is 32.2. The number of nitrogens with one attached hydrogen (secondary N) is 3. The SMILES string of the molecule is CCC(C)(C)CNS(=O)(=O)c1n[nH]c(C)c1CNC. The molecule has 0 aliphatic carbocycles. The molecule has 0 fully saturated rings. The maximum atomic E-state index is 12.3. The summed E-state index contributed by atoms with van der Waals surface area (Å²) in [6.45, 7) is 8.78. The summed E-state index contributed by atoms with van der Waals surface area (Å²) in [6, 6.07) is 0. The number of rotatable bonds is 7. The minimum atomic E-state index is -3.57. The lowest BCUT2D eigenvalue weighted by atomic mass is 9.91. The first-order valence-corrected chi connectivity index (χ1v) is 7.90. The normalized spacial score (nSPS) is 12.9. The average molecular weight is 288 g/mol. The van der Waals surface area contributed by atoms with E-state index >= 15 is 0 Å². The van der Waals surface area contributed by atoms with Gasteiger partial charge in [0.05, 0.1) is 0 Å². The summed E-state index contributed by atoms with van der Waals surface area (Å²) < 4.78 is 27.2. The Hall–Kier alpha value is -0.920. The lowest BCUT2D eigenvalue weighted by molar-refractivity contribution is 0.350. The van der Waals surface area contributed by atoms with Gasteiger partial charge >= 0.3 is 0 Å². The third-order valence-corrected chi connectivity index (χ3v) is 4.71. The zero-order valence-electron chi connectivity index (χ0n) is 12.3. The van der Waals surface area contributed by atoms with E-state index in [4.69, 9.17) is 0 Å². The Kier molecular flexibility index (Phi) is 5.11. The van der Waals surface area contributed by atoms with Crippen molar-refractivity contribution in [1.82, 2.24) is 20.2 Å². The lowest BCUT2D eigenvalue weighted by Crippen LogP contribution is -2.34. The van der Waals surface area contributed by atoms with Crippen LogP contribution in [0.2, 0.25) is 0 Å². The van der Waals surface area contributed by atoms with Crippen LogP contribution in [0.1, 0.15) is 38.4 Å². The van der Waals surface area contributed by atoms with Crippen LogP contribution >= 0.6 is 0 Å². The van der Waals surface area contributed by atoms with Gasteiger partial charge in [-0.15, -0.1) is 0 Å². The zero-order valence-corrected chi connectivity index (χ0v) is 13.1. The van der Waals surface area contributed by atoms with Crippen LogP contribution in [-0.2, 0) is 16.6 Å². The van der Waals surface area contributed by atoms with Crippen LogP contribution in [0.15, 0.2) is 5.03 Å². The van der Waals surface area contributed by atoms with E-state index in [2.05, 4.69) is 20.2 Å². The third-order valence-electron chi connectivity index (χ3n) is 3.34. The number of hydrogen-bond donors (Lipinski definition) is 3. The second kappa shape index (κ2) is 6.02. The van der Waals surface area contributed by atoms with E-state index in [0.717, 1.165) is 12.1 Å². The van der Waals surface area contributed by atoms with Crippen LogP contribution in [0.4, 0.5) is 0 Å². The first-order valence-electron chi connectivity index (χ1n) is 6.41. The maximum Gasteiger partial charge on any atom is 0.260 e. The van der Waals surface area contributed by atoms with Gasteiger partial charge in [-0.25, -0.2) is 13.1 Å². The van der Waals surface area contributed by atoms with Gasteiger partial charge in [0.15, 0.2) is 5.03 Å². The van der Waals surface area contributed by atoms with E-state index in [0.29, 0.717) is 18.7 Å². The standard InChI is InChI=1S/C12H24N4O2S/c1-6-12(3,4)8-14-19(17,18)11-10(7-13-5)9(2)15-16-11/h13-14H,6-8H2,1-5H3,(H,15,16). The van der Waals surface area contributed by atoms with Crippen LogP contribution in [-0.4, -0.2) is 32.2 Å². The molecule has 0 aliphatic heterocycles. The summed E-state index contributed by atoms with van der Waals surface area (Å²) in [5.41, 5.74) is 1.38. The molecule has 6 nitrogen and oxygen atoms in total. The molecule has 0 bridgehead atoms. The molecule has 19 heavy (non-hydrogen) atoms. The molecule has 1 aromatic rings. The van der Waals surface area contributed by atoms with Crippen molar-refractivity contribution in [3.05, 3.63) is 11.3 Å². The van der Waals surface area contributed by atoms with Crippen LogP contribution in [0.5, 0.6) is 0 Å². The molecular formula is C12H24N4O2S. The molecule has 1 heterocycles. The summed E-state index contributed by atoms with van der Waals surface area (Å²) >= 11 is 0. The van der Waals surface area contributed by atoms with Gasteiger partial charge in [0, 0.05) is 24.3 Å². The van der Waals surface area contributed by atoms with Crippen molar-refractivity contribution in [2.45, 2.75) is 45.7 Å². The van der Waals surface area contributed by atoms with Gasteiger partial charge in [0.25, 0.3) is 10.0 Å². The molecule has 3 N–H and O–H groups in total. The fraction of sp³-hybridized carbons (Fsp3) is 0.750. The molecule has 0 aromatic carbocycles. The monoisotopic (exact) mass is 288 g/mol. The van der Waals surface area contributed by atoms with E-state index in [9.17, 15) is 8.42 Å². The molecule has 0 radical (unpaired) electrons. The zero-order chi connectivity index (χ0) is 14.7. The first kappa shape index (κ1) is 16.1. The molecule has 1 aromatic heterocycles. The minimum Gasteiger partial charge on any atom is -0.316 e. The maximum absolute atomic E-state index is 12.3. The number of aryl methyl sites for hydroxylation is 1. The summed E-state index contributed by atoms with van der Waals surface area (Å²) in [5.74, 6) is 0. The topological polar surface area (TPSA) is 86.9 Å². The van der Waals surface area contributed by atoms with Gasteiger partial charge < -0.3 is 5.32 Å². The van der Waals surface area contributed by atoms with Crippen LogP contribution in [0.25, 0.3) is 0 Å². The van der Waals surface area contributed by atoms with Crippen molar-refractivity contribution in [3.63, 3.8) is 0 Å². The highest BCUT2D eigenvalue weighted by Gasteiger charge is 2.26. The highest BCUT2D eigenvalue weighted by molar-refractivity contribution is 7.89. The molecule has 0 amide bonds. The third kappa shape index (κ3) is 4.02. The molecule has 0 saturated heterocycles. The number of nitrogens with zero attached hydrogens (tertiary/aromatic N) is 1. The van der Waals surface area contributed by atoms with Crippen molar-refractivity contribution in [2.75, 3.05) is 13.6 Å². The molecule has 1 rings (SSSR count). The molecule has 0 unspecified atom stereocenters. The Morgan fingerprint density at radius 1 is 1.37 bits per heavy atom. The number of hydrogen-bond acceptors (Lipinski definition) is 4. The predicted molar refractivity (Wildman–Crippen MR) is 75.3 cm³/mol. The molecule has 0 atom stereocenters. The van der Waals surface area contributed by atoms with Crippen molar-refractivity contribution in [3.8, 4) is 0 Å². The number of aromatic amines is 1. The quantitative estimate of drug-likeness (QED) is 0.702. The number of aromatic nitrogens is 2. The minimum absolute atomic E-state index is 0.0679. The Bertz CT molecular complexity index is 520. The van der Waals surface area contributed by atoms with Crippen LogP contribution < -0.4 is 10.0 Å². The summed E-state index contributed by atoms with van der Waals surface area (Å²) in [7, 11) is -1.79. The molecular weight excluding hydrogens is 264 g/mol. The Morgan fingerprint density at radius 3 is 2.53 bits per heavy atom. The fourth-order valence-corrected chi connectivity index (χ4v) is 2.95. The second-order valence-corrected chi connectivity index (χ2v) is 7.19. The van der Waals surface area contributed by atoms with Gasteiger partial charge in [0.1, 0.15) is 0 Å². The average Bonchev–Trinajstić information content (AvgIpc) is 2.70. The van der Waals surface area contributed by atoms with E-state index in [1.165, 1.54) is 0 Å². The highest BCUT2D eigenvalue weighted by Crippen LogP contribution is 2.20. The molecule has 110 valence electrons. The molecule has 0 saturated carbocycles. The molecule has 0 spiro atoms. The molecule has 7 heteroatoms. The molecule has 0 aliphatic rings. The predicted octanol–water partition coefficient (Wildman–Crippen LogP) is 1.15. The summed E-state index contributed by atoms with van der Waals surface area (Å²) in [6.07, 6.45) is 0.901. The smallest absolute Gasteiger partial charge is 0.260 e. The van der Waals surface area contributed by atoms with E-state index < -0.39 is 10.0 Å². The van der Waals surface area contributed by atoms with Crippen molar-refractivity contribution in [1.29, 1.82) is 0 Å². The van der Waals surface area contributed by atoms with Crippen molar-refractivity contribution >= 4 is 10.0 Å². The summed E-state index contributed by atoms with van der Waals surface area (Å²) in [4.78, 5) is 0. The number of sulfonamides is 1. The Labute approximate surface area is 115 Å². The van der Waals surface area contributed by atoms with Crippen LogP contribution in [0.3, 0.4) is 0 Å².